The van der Waals surface area contributed by atoms with E-state index in [9.17, 15) is 24.0 Å². The maximum Gasteiger partial charge on any atom is 0.405 e. The number of nitrogens with one attached hydrogen (secondary N) is 3. The lowest BCUT2D eigenvalue weighted by molar-refractivity contribution is -0.142. The number of Topliss-reactive ketones (excluding diaryl/α,β-unsaturated/α-hetero) is 1. The van der Waals surface area contributed by atoms with Crippen LogP contribution in [0.3, 0.4) is 0 Å². The third-order valence-corrected chi connectivity index (χ3v) is 5.67. The first-order valence-corrected chi connectivity index (χ1v) is 10.0. The van der Waals surface area contributed by atoms with Crippen molar-refractivity contribution in [2.24, 2.45) is 17.1 Å². The molecule has 1 saturated carbocycles. The Hall–Kier alpha value is -2.65. The van der Waals surface area contributed by atoms with Crippen molar-refractivity contribution < 1.29 is 28.7 Å². The lowest BCUT2D eigenvalue weighted by atomic mass is 9.67. The number of rotatable bonds is 10. The summed E-state index contributed by atoms with van der Waals surface area (Å²) in [6.45, 7) is 4.38. The van der Waals surface area contributed by atoms with E-state index in [0.29, 0.717) is 13.0 Å². The first-order chi connectivity index (χ1) is 13.6. The van der Waals surface area contributed by atoms with Crippen molar-refractivity contribution in [3.63, 3.8) is 0 Å². The number of primary amides is 1. The van der Waals surface area contributed by atoms with Crippen LogP contribution in [-0.2, 0) is 23.9 Å². The topological polar surface area (TPSA) is 157 Å². The van der Waals surface area contributed by atoms with E-state index < -0.39 is 41.8 Å². The van der Waals surface area contributed by atoms with Crippen LogP contribution in [0.15, 0.2) is 0 Å². The zero-order valence-corrected chi connectivity index (χ0v) is 16.9. The monoisotopic (exact) mass is 410 g/mol. The lowest BCUT2D eigenvalue weighted by Gasteiger charge is -2.40. The molecule has 1 heterocycles. The van der Waals surface area contributed by atoms with Gasteiger partial charge in [-0.1, -0.05) is 13.3 Å². The Kier molecular flexibility index (Phi) is 7.58. The number of amides is 4. The van der Waals surface area contributed by atoms with Gasteiger partial charge in [0.05, 0.1) is 6.04 Å². The van der Waals surface area contributed by atoms with E-state index in [1.165, 1.54) is 0 Å². The molecule has 0 aromatic heterocycles. The molecule has 2 rings (SSSR count). The molecular weight excluding hydrogens is 380 g/mol. The van der Waals surface area contributed by atoms with E-state index in [2.05, 4.69) is 16.0 Å². The van der Waals surface area contributed by atoms with Crippen LogP contribution in [0.1, 0.15) is 52.4 Å². The number of nitrogens with two attached hydrogens (primary N) is 1. The summed E-state index contributed by atoms with van der Waals surface area (Å²) < 4.78 is 5.00. The second kappa shape index (κ2) is 9.71. The van der Waals surface area contributed by atoms with E-state index >= 15 is 0 Å². The van der Waals surface area contributed by atoms with Crippen LogP contribution in [0.2, 0.25) is 0 Å². The van der Waals surface area contributed by atoms with Crippen molar-refractivity contribution in [2.75, 3.05) is 13.1 Å². The van der Waals surface area contributed by atoms with Crippen LogP contribution in [0.25, 0.3) is 0 Å². The van der Waals surface area contributed by atoms with Gasteiger partial charge in [0.1, 0.15) is 0 Å². The van der Waals surface area contributed by atoms with Gasteiger partial charge in [-0.25, -0.2) is 4.79 Å². The summed E-state index contributed by atoms with van der Waals surface area (Å²) in [6, 6.07) is -1.20. The minimum Gasteiger partial charge on any atom is -0.436 e. The maximum atomic E-state index is 12.8. The van der Waals surface area contributed by atoms with Crippen LogP contribution in [0, 0.1) is 11.3 Å². The van der Waals surface area contributed by atoms with Gasteiger partial charge in [-0.05, 0) is 44.4 Å². The van der Waals surface area contributed by atoms with E-state index in [-0.39, 0.29) is 30.7 Å². The van der Waals surface area contributed by atoms with E-state index in [4.69, 9.17) is 10.5 Å². The second-order valence-corrected chi connectivity index (χ2v) is 8.09. The first kappa shape index (κ1) is 22.6. The summed E-state index contributed by atoms with van der Waals surface area (Å²) >= 11 is 0. The van der Waals surface area contributed by atoms with Crippen LogP contribution < -0.4 is 21.7 Å². The Morgan fingerprint density at radius 3 is 2.48 bits per heavy atom. The summed E-state index contributed by atoms with van der Waals surface area (Å²) in [5.41, 5.74) is 4.96. The highest BCUT2D eigenvalue weighted by molar-refractivity contribution is 6.38. The molecular formula is C19H30N4O6. The first-order valence-electron chi connectivity index (χ1n) is 10.0. The highest BCUT2D eigenvalue weighted by Crippen LogP contribution is 2.44. The molecule has 10 heteroatoms. The van der Waals surface area contributed by atoms with Gasteiger partial charge >= 0.3 is 6.09 Å². The Morgan fingerprint density at radius 2 is 2.00 bits per heavy atom. The largest absolute Gasteiger partial charge is 0.436 e. The molecule has 2 fully saturated rings. The molecule has 0 spiro atoms. The van der Waals surface area contributed by atoms with Crippen molar-refractivity contribution in [3.05, 3.63) is 0 Å². The third kappa shape index (κ3) is 6.16. The average molecular weight is 410 g/mol. The van der Waals surface area contributed by atoms with Gasteiger partial charge in [-0.2, -0.15) is 0 Å². The van der Waals surface area contributed by atoms with Crippen LogP contribution >= 0.6 is 0 Å². The molecule has 1 saturated heterocycles. The van der Waals surface area contributed by atoms with Gasteiger partial charge < -0.3 is 26.4 Å². The molecule has 1 aliphatic carbocycles. The number of likely N-dealkylation sites (N-methyl/N-ethyl adjacent to an activating group) is 1. The van der Waals surface area contributed by atoms with Gasteiger partial charge in [-0.15, -0.1) is 0 Å². The van der Waals surface area contributed by atoms with Gasteiger partial charge in [0.2, 0.25) is 11.7 Å². The number of hydrogen-bond acceptors (Lipinski definition) is 6. The molecule has 162 valence electrons. The van der Waals surface area contributed by atoms with Crippen LogP contribution in [-0.4, -0.2) is 54.8 Å². The van der Waals surface area contributed by atoms with Crippen molar-refractivity contribution in [1.29, 1.82) is 0 Å². The lowest BCUT2D eigenvalue weighted by Crippen LogP contribution is -2.53. The molecule has 1 unspecified atom stereocenters. The van der Waals surface area contributed by atoms with Crippen LogP contribution in [0.4, 0.5) is 4.79 Å². The Labute approximate surface area is 169 Å². The molecule has 2 aliphatic rings. The highest BCUT2D eigenvalue weighted by Gasteiger charge is 2.40. The summed E-state index contributed by atoms with van der Waals surface area (Å²) in [4.78, 5) is 60.6. The number of carbonyl (C=O) groups excluding carboxylic acids is 5. The molecule has 10 nitrogen and oxygen atoms in total. The zero-order valence-electron chi connectivity index (χ0n) is 16.9. The van der Waals surface area contributed by atoms with Crippen molar-refractivity contribution >= 4 is 29.6 Å². The minimum absolute atomic E-state index is 0.00585. The van der Waals surface area contributed by atoms with E-state index in [0.717, 1.165) is 19.3 Å². The van der Waals surface area contributed by atoms with Crippen molar-refractivity contribution in [3.8, 4) is 0 Å². The van der Waals surface area contributed by atoms with Crippen LogP contribution in [0.5, 0.6) is 0 Å². The highest BCUT2D eigenvalue weighted by atomic mass is 16.6. The van der Waals surface area contributed by atoms with Gasteiger partial charge in [0.15, 0.2) is 6.10 Å². The Balaban J connectivity index is 2.13. The van der Waals surface area contributed by atoms with Gasteiger partial charge in [0, 0.05) is 19.0 Å². The third-order valence-electron chi connectivity index (χ3n) is 5.67. The smallest absolute Gasteiger partial charge is 0.405 e. The SMILES string of the molecule is CCNC(=O)C(=O)[C@H](C[C@@H]1CCNC1=O)NC(=O)C(CC1(C)CCC1)OC(N)=O. The zero-order chi connectivity index (χ0) is 21.6. The maximum absolute atomic E-state index is 12.8. The minimum atomic E-state index is -1.20. The molecule has 1 aliphatic heterocycles. The number of hydrogen-bond donors (Lipinski definition) is 4. The molecule has 0 radical (unpaired) electrons. The summed E-state index contributed by atoms with van der Waals surface area (Å²) in [5.74, 6) is -3.08. The van der Waals surface area contributed by atoms with Crippen molar-refractivity contribution in [2.45, 2.75) is 64.5 Å². The Morgan fingerprint density at radius 1 is 1.31 bits per heavy atom. The number of ether oxygens (including phenoxy) is 1. The number of ketones is 1. The van der Waals surface area contributed by atoms with Crippen molar-refractivity contribution in [1.82, 2.24) is 16.0 Å². The number of carbonyl (C=O) groups is 5. The van der Waals surface area contributed by atoms with E-state index in [1.54, 1.807) is 6.92 Å². The fourth-order valence-electron chi connectivity index (χ4n) is 3.82. The second-order valence-electron chi connectivity index (χ2n) is 8.09. The van der Waals surface area contributed by atoms with Gasteiger partial charge in [-0.3, -0.25) is 19.2 Å². The summed E-state index contributed by atoms with van der Waals surface area (Å²) in [5, 5.41) is 7.59. The predicted molar refractivity (Wildman–Crippen MR) is 102 cm³/mol. The molecule has 0 aromatic rings. The average Bonchev–Trinajstić information content (AvgIpc) is 3.03. The molecule has 3 atom stereocenters. The molecule has 0 bridgehead atoms. The Bertz CT molecular complexity index is 676. The molecule has 0 aromatic carbocycles. The normalized spacial score (nSPS) is 21.9. The fraction of sp³-hybridized carbons (Fsp3) is 0.737. The predicted octanol–water partition coefficient (Wildman–Crippen LogP) is -0.253. The molecule has 5 N–H and O–H groups in total. The molecule has 4 amide bonds. The molecule has 29 heavy (non-hydrogen) atoms. The fourth-order valence-corrected chi connectivity index (χ4v) is 3.82. The summed E-state index contributed by atoms with van der Waals surface area (Å²) in [6.07, 6.45) is 1.32. The standard InChI is InChI=1S/C19H30N4O6/c1-3-21-17(27)14(24)12(9-11-5-8-22-15(11)25)23-16(26)13(29-18(20)28)10-19(2)6-4-7-19/h11-13H,3-10H2,1-2H3,(H2,20,28)(H,21,27)(H,22,25)(H,23,26)/t11-,12-,13?/m0/s1. The summed E-state index contributed by atoms with van der Waals surface area (Å²) in [7, 11) is 0. The van der Waals surface area contributed by atoms with E-state index in [1.807, 2.05) is 6.92 Å². The van der Waals surface area contributed by atoms with Gasteiger partial charge in [0.25, 0.3) is 11.8 Å². The quantitative estimate of drug-likeness (QED) is 0.364.